The summed E-state index contributed by atoms with van der Waals surface area (Å²) in [4.78, 5) is 127. The first kappa shape index (κ1) is 54.1. The monoisotopic (exact) mass is 847 g/mol. The second-order valence-corrected chi connectivity index (χ2v) is 16.0. The number of Topliss-reactive ketones (excluding diaryl/α,β-unsaturated/α-hetero) is 1. The van der Waals surface area contributed by atoms with E-state index in [4.69, 9.17) is 10.8 Å². The van der Waals surface area contributed by atoms with Crippen LogP contribution in [0.2, 0.25) is 0 Å². The number of rotatable bonds is 25. The van der Waals surface area contributed by atoms with Crippen molar-refractivity contribution in [2.45, 2.75) is 150 Å². The summed E-state index contributed by atoms with van der Waals surface area (Å²) in [5, 5.41) is 33.2. The van der Waals surface area contributed by atoms with E-state index in [1.54, 1.807) is 52.0 Å². The number of aryl methyl sites for hydroxylation is 1. The first-order valence-electron chi connectivity index (χ1n) is 19.5. The number of primary amides is 1. The molecule has 0 aromatic heterocycles. The van der Waals surface area contributed by atoms with Gasteiger partial charge in [-0.15, -0.1) is 0 Å². The Hall–Kier alpha value is -5.88. The van der Waals surface area contributed by atoms with Crippen molar-refractivity contribution in [2.24, 2.45) is 17.1 Å². The molecule has 0 aliphatic carbocycles. The zero-order valence-electron chi connectivity index (χ0n) is 35.1. The second kappa shape index (κ2) is 25.6. The molecule has 336 valence electrons. The Labute approximate surface area is 351 Å². The molecular weight excluding hydrogens is 782 g/mol. The fourth-order valence-electron chi connectivity index (χ4n) is 5.81. The number of carbonyl (C=O) groups is 10. The SMILES string of the molecule is C.CCCCC(NC(=O)C(CC(C)C)NC(=O)C(NC(=O)C(Cc1ccccc1C)NC(=O)C(C)NC(=O)C(CC(=O)O)NC(=O)CCC(=O)O)C(C)(C)C)C(=O)C(N)=O. The van der Waals surface area contributed by atoms with Gasteiger partial charge in [-0.1, -0.05) is 86.1 Å². The van der Waals surface area contributed by atoms with Gasteiger partial charge in [0.2, 0.25) is 41.2 Å². The van der Waals surface area contributed by atoms with Crippen LogP contribution in [-0.4, -0.2) is 106 Å². The number of carboxylic acid groups (broad SMARTS) is 2. The van der Waals surface area contributed by atoms with Gasteiger partial charge in [0.05, 0.1) is 18.9 Å². The highest BCUT2D eigenvalue weighted by molar-refractivity contribution is 6.37. The predicted molar refractivity (Wildman–Crippen MR) is 221 cm³/mol. The van der Waals surface area contributed by atoms with Gasteiger partial charge in [0.1, 0.15) is 30.2 Å². The maximum absolute atomic E-state index is 14.1. The van der Waals surface area contributed by atoms with Crippen LogP contribution in [0, 0.1) is 18.3 Å². The van der Waals surface area contributed by atoms with Crippen molar-refractivity contribution < 1.29 is 58.2 Å². The van der Waals surface area contributed by atoms with Crippen molar-refractivity contribution in [3.63, 3.8) is 0 Å². The highest BCUT2D eigenvalue weighted by Gasteiger charge is 2.38. The molecule has 7 amide bonds. The Morgan fingerprint density at radius 3 is 1.75 bits per heavy atom. The molecule has 10 N–H and O–H groups in total. The van der Waals surface area contributed by atoms with Crippen LogP contribution < -0.4 is 37.6 Å². The van der Waals surface area contributed by atoms with Crippen molar-refractivity contribution in [1.29, 1.82) is 0 Å². The Kier molecular flexibility index (Phi) is 23.1. The molecule has 60 heavy (non-hydrogen) atoms. The van der Waals surface area contributed by atoms with Crippen LogP contribution in [0.3, 0.4) is 0 Å². The number of amides is 7. The summed E-state index contributed by atoms with van der Waals surface area (Å²) in [5.41, 5.74) is 5.68. The van der Waals surface area contributed by atoms with E-state index in [0.717, 1.165) is 5.56 Å². The molecule has 6 atom stereocenters. The van der Waals surface area contributed by atoms with Gasteiger partial charge in [-0.25, -0.2) is 0 Å². The van der Waals surface area contributed by atoms with Gasteiger partial charge >= 0.3 is 11.9 Å². The van der Waals surface area contributed by atoms with Gasteiger partial charge in [0.25, 0.3) is 5.91 Å². The topological polar surface area (TPSA) is 309 Å². The molecule has 1 aromatic carbocycles. The number of unbranched alkanes of at least 4 members (excludes halogenated alkanes) is 1. The summed E-state index contributed by atoms with van der Waals surface area (Å²) >= 11 is 0. The summed E-state index contributed by atoms with van der Waals surface area (Å²) in [6.07, 6.45) is -0.591. The first-order valence-corrected chi connectivity index (χ1v) is 19.5. The zero-order valence-corrected chi connectivity index (χ0v) is 35.1. The average Bonchev–Trinajstić information content (AvgIpc) is 3.12. The van der Waals surface area contributed by atoms with Crippen LogP contribution in [0.25, 0.3) is 0 Å². The van der Waals surface area contributed by atoms with Crippen LogP contribution in [0.5, 0.6) is 0 Å². The molecule has 0 saturated carbocycles. The van der Waals surface area contributed by atoms with E-state index in [-0.39, 0.29) is 32.6 Å². The lowest BCUT2D eigenvalue weighted by molar-refractivity contribution is -0.142. The maximum atomic E-state index is 14.1. The Morgan fingerprint density at radius 2 is 1.23 bits per heavy atom. The predicted octanol–water partition coefficient (Wildman–Crippen LogP) is 0.779. The molecule has 0 bridgehead atoms. The summed E-state index contributed by atoms with van der Waals surface area (Å²) < 4.78 is 0. The molecule has 0 radical (unpaired) electrons. The van der Waals surface area contributed by atoms with Crippen molar-refractivity contribution in [3.8, 4) is 0 Å². The maximum Gasteiger partial charge on any atom is 0.305 e. The van der Waals surface area contributed by atoms with Crippen molar-refractivity contribution in [3.05, 3.63) is 35.4 Å². The number of benzene rings is 1. The molecular formula is C41H65N7O12. The van der Waals surface area contributed by atoms with Crippen molar-refractivity contribution in [1.82, 2.24) is 31.9 Å². The van der Waals surface area contributed by atoms with Gasteiger partial charge in [-0.2, -0.15) is 0 Å². The third kappa shape index (κ3) is 19.2. The van der Waals surface area contributed by atoms with Gasteiger partial charge in [-0.3, -0.25) is 47.9 Å². The van der Waals surface area contributed by atoms with Crippen LogP contribution in [-0.2, 0) is 54.4 Å². The van der Waals surface area contributed by atoms with Gasteiger partial charge in [0, 0.05) is 12.8 Å². The van der Waals surface area contributed by atoms with E-state index in [2.05, 4.69) is 31.9 Å². The van der Waals surface area contributed by atoms with E-state index in [1.807, 2.05) is 20.8 Å². The molecule has 0 fully saturated rings. The van der Waals surface area contributed by atoms with E-state index >= 15 is 0 Å². The molecule has 0 aliphatic heterocycles. The number of nitrogens with two attached hydrogens (primary N) is 1. The smallest absolute Gasteiger partial charge is 0.305 e. The minimum atomic E-state index is -1.66. The van der Waals surface area contributed by atoms with Crippen LogP contribution in [0.15, 0.2) is 24.3 Å². The Bertz CT molecular complexity index is 1710. The average molecular weight is 848 g/mol. The van der Waals surface area contributed by atoms with E-state index in [0.29, 0.717) is 18.4 Å². The third-order valence-corrected chi connectivity index (χ3v) is 9.14. The molecule has 1 aromatic rings. The first-order chi connectivity index (χ1) is 27.4. The Morgan fingerprint density at radius 1 is 0.683 bits per heavy atom. The summed E-state index contributed by atoms with van der Waals surface area (Å²) in [5.74, 6) is -10.2. The van der Waals surface area contributed by atoms with Crippen LogP contribution in [0.1, 0.15) is 112 Å². The molecule has 6 unspecified atom stereocenters. The van der Waals surface area contributed by atoms with Crippen molar-refractivity contribution in [2.75, 3.05) is 0 Å². The highest BCUT2D eigenvalue weighted by atomic mass is 16.4. The van der Waals surface area contributed by atoms with E-state index in [9.17, 15) is 53.1 Å². The largest absolute Gasteiger partial charge is 0.481 e. The standard InChI is InChI=1S/C40H61N7O12.CH4/c1-9-10-15-25(32(53)34(41)54)44-37(57)26(18-21(2)3)46-39(59)33(40(6,7)8)47-38(58)27(19-24-14-12-11-13-22(24)4)45-35(55)23(5)42-36(56)28(20-31(51)52)43-29(48)16-17-30(49)50;/h11-14,21,23,25-28,33H,9-10,15-20H2,1-8H3,(H2,41,54)(H,42,56)(H,43,48)(H,44,57)(H,45,55)(H,46,59)(H,47,58)(H,49,50)(H,51,52);1H4. The lowest BCUT2D eigenvalue weighted by atomic mass is 9.85. The number of nitrogens with one attached hydrogen (secondary N) is 6. The number of hydrogen-bond donors (Lipinski definition) is 9. The minimum Gasteiger partial charge on any atom is -0.481 e. The molecule has 1 rings (SSSR count). The Balaban J connectivity index is 0.0000348. The number of carboxylic acids is 2. The third-order valence-electron chi connectivity index (χ3n) is 9.14. The van der Waals surface area contributed by atoms with Gasteiger partial charge in [-0.05, 0) is 49.1 Å². The fraction of sp³-hybridized carbons (Fsp3) is 0.610. The van der Waals surface area contributed by atoms with E-state index in [1.165, 1.54) is 6.92 Å². The number of carbonyl (C=O) groups excluding carboxylic acids is 8. The van der Waals surface area contributed by atoms with Gasteiger partial charge < -0.3 is 47.8 Å². The summed E-state index contributed by atoms with van der Waals surface area (Å²) in [6.45, 7) is 13.5. The summed E-state index contributed by atoms with van der Waals surface area (Å²) in [6, 6.07) is -1.05. The van der Waals surface area contributed by atoms with Gasteiger partial charge in [0.15, 0.2) is 0 Å². The lowest BCUT2D eigenvalue weighted by Crippen LogP contribution is -2.62. The highest BCUT2D eigenvalue weighted by Crippen LogP contribution is 2.21. The van der Waals surface area contributed by atoms with Crippen LogP contribution >= 0.6 is 0 Å². The molecule has 0 saturated heterocycles. The molecule has 19 heteroatoms. The van der Waals surface area contributed by atoms with Crippen molar-refractivity contribution >= 4 is 59.1 Å². The molecule has 0 aliphatic rings. The number of ketones is 1. The summed E-state index contributed by atoms with van der Waals surface area (Å²) in [7, 11) is 0. The fourth-order valence-corrected chi connectivity index (χ4v) is 5.81. The van der Waals surface area contributed by atoms with E-state index < -0.39 is 120 Å². The lowest BCUT2D eigenvalue weighted by Gasteiger charge is -2.33. The number of aliphatic carboxylic acids is 2. The minimum absolute atomic E-state index is 0. The molecule has 0 spiro atoms. The zero-order chi connectivity index (χ0) is 45.2. The molecule has 19 nitrogen and oxygen atoms in total. The normalized spacial score (nSPS) is 14.0. The molecule has 0 heterocycles. The number of hydrogen-bond acceptors (Lipinski definition) is 10. The quantitative estimate of drug-likeness (QED) is 0.0617. The van der Waals surface area contributed by atoms with Crippen LogP contribution in [0.4, 0.5) is 0 Å². The second-order valence-electron chi connectivity index (χ2n) is 16.0.